The molecule has 1 saturated carbocycles. The molecule has 1 amide bonds. The van der Waals surface area contributed by atoms with E-state index in [0.717, 1.165) is 45.1 Å². The molecule has 0 radical (unpaired) electrons. The third kappa shape index (κ3) is 5.32. The number of hydrogen-bond donors (Lipinski definition) is 1. The van der Waals surface area contributed by atoms with Crippen molar-refractivity contribution in [3.63, 3.8) is 0 Å². The summed E-state index contributed by atoms with van der Waals surface area (Å²) in [5.41, 5.74) is 0.158. The summed E-state index contributed by atoms with van der Waals surface area (Å²) in [4.78, 5) is 19.8. The molecule has 162 valence electrons. The fourth-order valence-corrected chi connectivity index (χ4v) is 6.55. The molecule has 1 aliphatic heterocycles. The van der Waals surface area contributed by atoms with E-state index in [1.807, 2.05) is 0 Å². The number of carbonyl (C=O) groups excluding carboxylic acids is 1. The van der Waals surface area contributed by atoms with Crippen LogP contribution in [0.15, 0.2) is 16.7 Å². The van der Waals surface area contributed by atoms with Crippen LogP contribution in [0.4, 0.5) is 5.82 Å². The lowest BCUT2D eigenvalue weighted by molar-refractivity contribution is 0.0981. The van der Waals surface area contributed by atoms with Crippen molar-refractivity contribution in [2.75, 3.05) is 11.4 Å². The molecule has 0 aromatic carbocycles. The Labute approximate surface area is 183 Å². The number of nitrogens with zero attached hydrogens (tertiary/aromatic N) is 2. The molecule has 6 nitrogen and oxygen atoms in total. The smallest absolute Gasteiger partial charge is 0.268 e. The maximum Gasteiger partial charge on any atom is 0.268 e. The van der Waals surface area contributed by atoms with E-state index in [2.05, 4.69) is 51.3 Å². The van der Waals surface area contributed by atoms with Crippen molar-refractivity contribution < 1.29 is 13.2 Å². The van der Waals surface area contributed by atoms with Crippen molar-refractivity contribution >= 4 is 37.7 Å². The van der Waals surface area contributed by atoms with E-state index in [0.29, 0.717) is 34.7 Å². The summed E-state index contributed by atoms with van der Waals surface area (Å²) in [7, 11) is -3.72. The molecule has 0 spiro atoms. The van der Waals surface area contributed by atoms with E-state index >= 15 is 0 Å². The van der Waals surface area contributed by atoms with Gasteiger partial charge in [0, 0.05) is 12.1 Å². The number of sulfonamides is 1. The number of pyridine rings is 1. The summed E-state index contributed by atoms with van der Waals surface area (Å²) in [6, 6.07) is 3.35. The Morgan fingerprint density at radius 2 is 1.79 bits per heavy atom. The van der Waals surface area contributed by atoms with Crippen molar-refractivity contribution in [3.05, 3.63) is 22.3 Å². The van der Waals surface area contributed by atoms with Gasteiger partial charge in [-0.15, -0.1) is 0 Å². The third-order valence-electron chi connectivity index (χ3n) is 6.14. The van der Waals surface area contributed by atoms with Gasteiger partial charge in [-0.05, 0) is 67.1 Å². The van der Waals surface area contributed by atoms with Crippen LogP contribution in [-0.2, 0) is 10.0 Å². The molecule has 29 heavy (non-hydrogen) atoms. The Morgan fingerprint density at radius 3 is 2.38 bits per heavy atom. The summed E-state index contributed by atoms with van der Waals surface area (Å²) in [6.45, 7) is 7.22. The van der Waals surface area contributed by atoms with E-state index in [1.165, 1.54) is 0 Å². The van der Waals surface area contributed by atoms with Crippen LogP contribution in [0.1, 0.15) is 82.5 Å². The number of anilines is 1. The maximum atomic E-state index is 13.1. The van der Waals surface area contributed by atoms with Gasteiger partial charge in [-0.3, -0.25) is 4.79 Å². The zero-order chi connectivity index (χ0) is 21.2. The molecule has 0 unspecified atom stereocenters. The minimum absolute atomic E-state index is 0.152. The van der Waals surface area contributed by atoms with Crippen LogP contribution in [0.25, 0.3) is 0 Å². The molecule has 1 aliphatic carbocycles. The first-order valence-corrected chi connectivity index (χ1v) is 12.9. The van der Waals surface area contributed by atoms with Crippen molar-refractivity contribution in [1.29, 1.82) is 0 Å². The van der Waals surface area contributed by atoms with Gasteiger partial charge in [-0.1, -0.05) is 39.0 Å². The zero-order valence-electron chi connectivity index (χ0n) is 17.6. The highest BCUT2D eigenvalue weighted by Crippen LogP contribution is 2.37. The van der Waals surface area contributed by atoms with Crippen molar-refractivity contribution in [2.45, 2.75) is 82.9 Å². The van der Waals surface area contributed by atoms with Gasteiger partial charge in [0.15, 0.2) is 0 Å². The molecular weight excluding hydrogens is 454 g/mol. The Kier molecular flexibility index (Phi) is 6.93. The molecule has 2 fully saturated rings. The number of amides is 1. The lowest BCUT2D eigenvalue weighted by Crippen LogP contribution is -2.42. The zero-order valence-corrected chi connectivity index (χ0v) is 20.0. The van der Waals surface area contributed by atoms with Gasteiger partial charge >= 0.3 is 0 Å². The van der Waals surface area contributed by atoms with Crippen LogP contribution in [-0.4, -0.2) is 36.6 Å². The first-order valence-electron chi connectivity index (χ1n) is 10.6. The Bertz CT molecular complexity index is 849. The molecule has 1 N–H and O–H groups in total. The summed E-state index contributed by atoms with van der Waals surface area (Å²) >= 11 is 3.40. The Hall–Kier alpha value is -1.15. The van der Waals surface area contributed by atoms with Gasteiger partial charge in [-0.25, -0.2) is 18.1 Å². The number of carbonyl (C=O) groups is 1. The van der Waals surface area contributed by atoms with Crippen LogP contribution in [0, 0.1) is 5.92 Å². The monoisotopic (exact) mass is 485 g/mol. The molecule has 1 atom stereocenters. The molecule has 3 rings (SSSR count). The van der Waals surface area contributed by atoms with E-state index in [4.69, 9.17) is 0 Å². The second-order valence-electron chi connectivity index (χ2n) is 9.18. The third-order valence-corrected chi connectivity index (χ3v) is 8.40. The number of nitrogens with one attached hydrogen (secondary N) is 1. The average molecular weight is 486 g/mol. The minimum Gasteiger partial charge on any atom is -0.351 e. The second kappa shape index (κ2) is 8.92. The fourth-order valence-electron chi connectivity index (χ4n) is 4.76. The van der Waals surface area contributed by atoms with Crippen LogP contribution in [0.5, 0.6) is 0 Å². The summed E-state index contributed by atoms with van der Waals surface area (Å²) in [6.07, 6.45) is 7.29. The molecule has 1 aromatic heterocycles. The molecule has 1 saturated heterocycles. The number of aromatic nitrogens is 1. The van der Waals surface area contributed by atoms with Gasteiger partial charge < -0.3 is 4.90 Å². The minimum atomic E-state index is -3.72. The van der Waals surface area contributed by atoms with Crippen molar-refractivity contribution in [2.24, 2.45) is 5.92 Å². The maximum absolute atomic E-state index is 13.1. The van der Waals surface area contributed by atoms with E-state index in [1.54, 1.807) is 12.1 Å². The van der Waals surface area contributed by atoms with Gasteiger partial charge in [0.25, 0.3) is 5.91 Å². The van der Waals surface area contributed by atoms with Gasteiger partial charge in [0.05, 0.1) is 10.8 Å². The Morgan fingerprint density at radius 1 is 1.17 bits per heavy atom. The molecule has 8 heteroatoms. The highest BCUT2D eigenvalue weighted by atomic mass is 79.9. The highest BCUT2D eigenvalue weighted by Gasteiger charge is 2.39. The first kappa shape index (κ1) is 22.5. The fraction of sp³-hybridized carbons (Fsp3) is 0.714. The normalized spacial score (nSPS) is 23.4. The van der Waals surface area contributed by atoms with E-state index in [-0.39, 0.29) is 5.54 Å². The predicted molar refractivity (Wildman–Crippen MR) is 120 cm³/mol. The van der Waals surface area contributed by atoms with Gasteiger partial charge in [-0.2, -0.15) is 0 Å². The molecule has 0 bridgehead atoms. The van der Waals surface area contributed by atoms with Crippen LogP contribution in [0.2, 0.25) is 0 Å². The van der Waals surface area contributed by atoms with Gasteiger partial charge in [0.1, 0.15) is 10.4 Å². The highest BCUT2D eigenvalue weighted by molar-refractivity contribution is 9.10. The molecule has 1 aromatic rings. The lowest BCUT2D eigenvalue weighted by Gasteiger charge is -2.33. The lowest BCUT2D eigenvalue weighted by atomic mass is 9.97. The van der Waals surface area contributed by atoms with E-state index in [9.17, 15) is 13.2 Å². The quantitative estimate of drug-likeness (QED) is 0.628. The Balaban J connectivity index is 1.86. The van der Waals surface area contributed by atoms with E-state index < -0.39 is 21.2 Å². The molecule has 2 heterocycles. The van der Waals surface area contributed by atoms with Crippen LogP contribution < -0.4 is 9.62 Å². The van der Waals surface area contributed by atoms with Crippen LogP contribution >= 0.6 is 15.9 Å². The summed E-state index contributed by atoms with van der Waals surface area (Å²) in [5, 5.41) is -0.498. The topological polar surface area (TPSA) is 79.4 Å². The SMILES string of the molecule is C[C@@H]1CN(c2nc(Br)ccc2C(=O)NS(=O)(=O)C2CCCCCCC2)C(C)(C)C1. The van der Waals surface area contributed by atoms with Crippen molar-refractivity contribution in [3.8, 4) is 0 Å². The first-order chi connectivity index (χ1) is 13.6. The number of rotatable bonds is 4. The van der Waals surface area contributed by atoms with Crippen molar-refractivity contribution in [1.82, 2.24) is 9.71 Å². The van der Waals surface area contributed by atoms with Crippen LogP contribution in [0.3, 0.4) is 0 Å². The number of halogens is 1. The number of hydrogen-bond acceptors (Lipinski definition) is 5. The van der Waals surface area contributed by atoms with Gasteiger partial charge in [0.2, 0.25) is 10.0 Å². The standard InChI is InChI=1S/C21H32BrN3O3S/c1-15-13-21(2,3)25(14-15)19-17(11-12-18(22)23-19)20(26)24-29(27,28)16-9-7-5-4-6-8-10-16/h11-12,15-16H,4-10,13-14H2,1-3H3,(H,24,26)/t15-/m0/s1. The molecular formula is C21H32BrN3O3S. The summed E-state index contributed by atoms with van der Waals surface area (Å²) in [5.74, 6) is 0.428. The average Bonchev–Trinajstić information content (AvgIpc) is 2.85. The predicted octanol–water partition coefficient (Wildman–Crippen LogP) is 4.64. The largest absolute Gasteiger partial charge is 0.351 e. The molecule has 2 aliphatic rings. The summed E-state index contributed by atoms with van der Waals surface area (Å²) < 4.78 is 28.9. The second-order valence-corrected chi connectivity index (χ2v) is 12.0.